The molecular formula is C12H30Cl2HfP2. The summed E-state index contributed by atoms with van der Waals surface area (Å²) in [4.78, 5) is 0. The molecule has 0 saturated carbocycles. The first-order valence-electron chi connectivity index (χ1n) is 6.14. The summed E-state index contributed by atoms with van der Waals surface area (Å²) in [5.74, 6) is 0. The summed E-state index contributed by atoms with van der Waals surface area (Å²) in [6.45, 7) is 13.7. The molecule has 0 rings (SSSR count). The molecule has 0 spiro atoms. The molecule has 17 heavy (non-hydrogen) atoms. The summed E-state index contributed by atoms with van der Waals surface area (Å²) in [7, 11) is 0.892. The van der Waals surface area contributed by atoms with Crippen molar-refractivity contribution in [1.29, 1.82) is 0 Å². The Morgan fingerprint density at radius 2 is 0.588 bits per heavy atom. The normalized spacial score (nSPS) is 8.47. The average molecular weight is 486 g/mol. The van der Waals surface area contributed by atoms with Crippen molar-refractivity contribution in [3.05, 3.63) is 0 Å². The number of hydrogen-bond donors (Lipinski definition) is 0. The van der Waals surface area contributed by atoms with Crippen LogP contribution in [0.3, 0.4) is 0 Å². The minimum atomic E-state index is 0. The quantitative estimate of drug-likeness (QED) is 0.337. The van der Waals surface area contributed by atoms with Crippen LogP contribution in [0.4, 0.5) is 0 Å². The first-order chi connectivity index (χ1) is 6.69. The SMILES string of the molecule is CCP(CC)CC.CCP(CC)CC.[Cl-].[Cl-].[Hf+2]. The van der Waals surface area contributed by atoms with Gasteiger partial charge in [0.25, 0.3) is 0 Å². The van der Waals surface area contributed by atoms with Crippen LogP contribution in [0, 0.1) is 0 Å². The summed E-state index contributed by atoms with van der Waals surface area (Å²) in [6, 6.07) is 0. The summed E-state index contributed by atoms with van der Waals surface area (Å²) in [6.07, 6.45) is 8.51. The summed E-state index contributed by atoms with van der Waals surface area (Å²) < 4.78 is 0. The summed E-state index contributed by atoms with van der Waals surface area (Å²) in [5.41, 5.74) is 0. The van der Waals surface area contributed by atoms with Crippen molar-refractivity contribution in [2.75, 3.05) is 37.0 Å². The number of halogens is 2. The fourth-order valence-corrected chi connectivity index (χ4v) is 4.02. The van der Waals surface area contributed by atoms with E-state index in [0.29, 0.717) is 15.8 Å². The molecule has 0 nitrogen and oxygen atoms in total. The molecule has 0 aliphatic rings. The van der Waals surface area contributed by atoms with Gasteiger partial charge in [-0.3, -0.25) is 0 Å². The Hall–Kier alpha value is 2.31. The molecule has 5 heteroatoms. The molecule has 0 aromatic carbocycles. The molecule has 0 amide bonds. The molecule has 0 bridgehead atoms. The van der Waals surface area contributed by atoms with Crippen molar-refractivity contribution in [1.82, 2.24) is 0 Å². The second-order valence-electron chi connectivity index (χ2n) is 3.24. The van der Waals surface area contributed by atoms with Gasteiger partial charge in [-0.05, 0) is 37.0 Å². The molecule has 0 unspecified atom stereocenters. The molecule has 0 aliphatic heterocycles. The van der Waals surface area contributed by atoms with E-state index in [9.17, 15) is 0 Å². The molecular weight excluding hydrogens is 455 g/mol. The Kier molecular flexibility index (Phi) is 49.8. The topological polar surface area (TPSA) is 0 Å². The molecule has 106 valence electrons. The van der Waals surface area contributed by atoms with Gasteiger partial charge in [0.15, 0.2) is 0 Å². The van der Waals surface area contributed by atoms with Gasteiger partial charge in [-0.2, -0.15) is 0 Å². The van der Waals surface area contributed by atoms with Gasteiger partial charge in [0, 0.05) is 0 Å². The maximum atomic E-state index is 2.29. The van der Waals surface area contributed by atoms with Crippen molar-refractivity contribution in [3.63, 3.8) is 0 Å². The minimum absolute atomic E-state index is 0. The smallest absolute Gasteiger partial charge is 1.00 e. The third-order valence-corrected chi connectivity index (χ3v) is 8.05. The zero-order chi connectivity index (χ0) is 11.4. The molecule has 0 aromatic rings. The van der Waals surface area contributed by atoms with Gasteiger partial charge in [-0.1, -0.05) is 41.5 Å². The first kappa shape index (κ1) is 31.6. The second kappa shape index (κ2) is 26.8. The average Bonchev–Trinajstić information content (AvgIpc) is 2.24. The third kappa shape index (κ3) is 23.8. The standard InChI is InChI=1S/2C6H15P.2ClH.Hf/c2*1-4-7(5-2)6-3;;;/h2*4-6H2,1-3H3;2*1H;/q;;;;+2/p-2. The number of rotatable bonds is 6. The molecule has 0 heterocycles. The van der Waals surface area contributed by atoms with Crippen LogP contribution >= 0.6 is 15.8 Å². The largest absolute Gasteiger partial charge is 2.00 e. The Bertz CT molecular complexity index is 77.5. The van der Waals surface area contributed by atoms with Gasteiger partial charge in [-0.15, -0.1) is 15.8 Å². The van der Waals surface area contributed by atoms with Crippen LogP contribution in [0.2, 0.25) is 0 Å². The Morgan fingerprint density at radius 3 is 0.588 bits per heavy atom. The fraction of sp³-hybridized carbons (Fsp3) is 1.00. The van der Waals surface area contributed by atoms with E-state index in [1.54, 1.807) is 0 Å². The van der Waals surface area contributed by atoms with Gasteiger partial charge in [-0.25, -0.2) is 0 Å². The summed E-state index contributed by atoms with van der Waals surface area (Å²) in [5, 5.41) is 0. The molecule has 0 N–H and O–H groups in total. The van der Waals surface area contributed by atoms with Gasteiger partial charge in [0.05, 0.1) is 0 Å². The fourth-order valence-electron chi connectivity index (χ4n) is 1.34. The molecule has 0 radical (unpaired) electrons. The van der Waals surface area contributed by atoms with Crippen LogP contribution in [0.1, 0.15) is 41.5 Å². The van der Waals surface area contributed by atoms with Crippen LogP contribution in [0.15, 0.2) is 0 Å². The van der Waals surface area contributed by atoms with Crippen molar-refractivity contribution in [2.24, 2.45) is 0 Å². The Morgan fingerprint density at radius 1 is 0.471 bits per heavy atom. The maximum absolute atomic E-state index is 2.29. The van der Waals surface area contributed by atoms with Gasteiger partial charge in [0.2, 0.25) is 0 Å². The summed E-state index contributed by atoms with van der Waals surface area (Å²) >= 11 is 0. The van der Waals surface area contributed by atoms with E-state index in [1.165, 1.54) is 37.0 Å². The maximum Gasteiger partial charge on any atom is 2.00 e. The van der Waals surface area contributed by atoms with E-state index in [4.69, 9.17) is 0 Å². The minimum Gasteiger partial charge on any atom is -1.00 e. The molecule has 0 saturated heterocycles. The zero-order valence-corrected chi connectivity index (χ0v) is 19.3. The van der Waals surface area contributed by atoms with Crippen LogP contribution < -0.4 is 24.8 Å². The van der Waals surface area contributed by atoms with E-state index < -0.39 is 0 Å². The number of hydrogen-bond acceptors (Lipinski definition) is 0. The van der Waals surface area contributed by atoms with E-state index in [1.807, 2.05) is 0 Å². The first-order valence-corrected chi connectivity index (χ1v) is 9.93. The van der Waals surface area contributed by atoms with E-state index in [2.05, 4.69) is 41.5 Å². The van der Waals surface area contributed by atoms with Gasteiger partial charge >= 0.3 is 25.8 Å². The molecule has 0 aromatic heterocycles. The zero-order valence-electron chi connectivity index (χ0n) is 12.4. The molecule has 0 aliphatic carbocycles. The van der Waals surface area contributed by atoms with Crippen molar-refractivity contribution in [2.45, 2.75) is 41.5 Å². The van der Waals surface area contributed by atoms with E-state index in [-0.39, 0.29) is 50.7 Å². The Labute approximate surface area is 144 Å². The van der Waals surface area contributed by atoms with Crippen molar-refractivity contribution in [3.8, 4) is 0 Å². The van der Waals surface area contributed by atoms with E-state index >= 15 is 0 Å². The second-order valence-corrected chi connectivity index (χ2v) is 9.72. The van der Waals surface area contributed by atoms with Crippen LogP contribution in [-0.4, -0.2) is 37.0 Å². The predicted molar refractivity (Wildman–Crippen MR) is 77.1 cm³/mol. The van der Waals surface area contributed by atoms with Crippen LogP contribution in [0.25, 0.3) is 0 Å². The molecule has 0 fully saturated rings. The van der Waals surface area contributed by atoms with Crippen LogP contribution in [-0.2, 0) is 25.8 Å². The van der Waals surface area contributed by atoms with Gasteiger partial charge in [0.1, 0.15) is 0 Å². The van der Waals surface area contributed by atoms with Crippen molar-refractivity contribution >= 4 is 15.8 Å². The predicted octanol–water partition coefficient (Wildman–Crippen LogP) is -0.938. The van der Waals surface area contributed by atoms with Crippen LogP contribution in [0.5, 0.6) is 0 Å². The third-order valence-electron chi connectivity index (χ3n) is 2.68. The van der Waals surface area contributed by atoms with Crippen molar-refractivity contribution < 1.29 is 50.7 Å². The molecule has 0 atom stereocenters. The van der Waals surface area contributed by atoms with Gasteiger partial charge < -0.3 is 24.8 Å². The monoisotopic (exact) mass is 486 g/mol. The van der Waals surface area contributed by atoms with E-state index in [0.717, 1.165) is 0 Å². The Balaban J connectivity index is -0.0000000480.